The summed E-state index contributed by atoms with van der Waals surface area (Å²) in [6.07, 6.45) is 4.47. The van der Waals surface area contributed by atoms with Crippen molar-refractivity contribution in [3.8, 4) is 10.4 Å². The van der Waals surface area contributed by atoms with Crippen molar-refractivity contribution in [3.63, 3.8) is 0 Å². The fourth-order valence-corrected chi connectivity index (χ4v) is 2.93. The highest BCUT2D eigenvalue weighted by atomic mass is 32.1. The summed E-state index contributed by atoms with van der Waals surface area (Å²) in [5.41, 5.74) is 1.05. The Balaban J connectivity index is 1.91. The number of thiazole rings is 1. The monoisotopic (exact) mass is 316 g/mol. The molecule has 3 aromatic heterocycles. The molecule has 22 heavy (non-hydrogen) atoms. The van der Waals surface area contributed by atoms with Crippen LogP contribution in [0.5, 0.6) is 0 Å². The molecule has 0 atom stereocenters. The van der Waals surface area contributed by atoms with Gasteiger partial charge in [-0.25, -0.2) is 19.6 Å². The molecule has 0 radical (unpaired) electrons. The van der Waals surface area contributed by atoms with Crippen molar-refractivity contribution in [2.45, 2.75) is 13.8 Å². The van der Waals surface area contributed by atoms with Crippen LogP contribution in [0.15, 0.2) is 40.1 Å². The molecular formula is C14H12N4O3S. The van der Waals surface area contributed by atoms with E-state index >= 15 is 0 Å². The summed E-state index contributed by atoms with van der Waals surface area (Å²) in [6.45, 7) is 3.53. The van der Waals surface area contributed by atoms with Crippen LogP contribution in [0.4, 0.5) is 9.93 Å². The van der Waals surface area contributed by atoms with Crippen LogP contribution in [0.25, 0.3) is 10.4 Å². The number of aryl methyl sites for hydroxylation is 2. The minimum Gasteiger partial charge on any atom is -0.428 e. The van der Waals surface area contributed by atoms with Crippen LogP contribution in [0, 0.1) is 13.8 Å². The van der Waals surface area contributed by atoms with E-state index in [0.717, 1.165) is 16.1 Å². The van der Waals surface area contributed by atoms with Crippen LogP contribution in [-0.2, 0) is 0 Å². The first-order valence-electron chi connectivity index (χ1n) is 6.42. The number of hydrogen-bond acceptors (Lipinski definition) is 6. The van der Waals surface area contributed by atoms with Gasteiger partial charge in [0, 0.05) is 24.0 Å². The number of nitrogens with zero attached hydrogens (tertiary/aromatic N) is 3. The molecule has 3 heterocycles. The second kappa shape index (κ2) is 5.57. The van der Waals surface area contributed by atoms with E-state index in [-0.39, 0.29) is 6.03 Å². The van der Waals surface area contributed by atoms with E-state index in [0.29, 0.717) is 10.9 Å². The zero-order valence-corrected chi connectivity index (χ0v) is 12.7. The zero-order chi connectivity index (χ0) is 15.7. The summed E-state index contributed by atoms with van der Waals surface area (Å²) in [6, 6.07) is 2.83. The summed E-state index contributed by atoms with van der Waals surface area (Å²) in [5, 5.41) is 3.15. The standard InChI is InChI=1S/C14H12N4O3S/c1-8-5-10(6-11(19)21-8)12-9(2)16-13(22-12)17-14(20)18-4-3-15-7-18/h3-7H,1-2H3,(H,16,17,20). The minimum absolute atomic E-state index is 0.346. The van der Waals surface area contributed by atoms with Gasteiger partial charge in [-0.1, -0.05) is 11.3 Å². The lowest BCUT2D eigenvalue weighted by atomic mass is 10.2. The summed E-state index contributed by atoms with van der Waals surface area (Å²) in [4.78, 5) is 32.4. The van der Waals surface area contributed by atoms with E-state index < -0.39 is 5.63 Å². The van der Waals surface area contributed by atoms with Crippen LogP contribution in [-0.4, -0.2) is 20.6 Å². The average Bonchev–Trinajstić information content (AvgIpc) is 3.07. The molecule has 0 aromatic carbocycles. The largest absolute Gasteiger partial charge is 0.428 e. The van der Waals surface area contributed by atoms with Crippen LogP contribution in [0.1, 0.15) is 11.5 Å². The summed E-state index contributed by atoms with van der Waals surface area (Å²) in [7, 11) is 0. The molecule has 0 bridgehead atoms. The second-order valence-electron chi connectivity index (χ2n) is 4.61. The zero-order valence-electron chi connectivity index (χ0n) is 11.9. The van der Waals surface area contributed by atoms with E-state index in [2.05, 4.69) is 15.3 Å². The normalized spacial score (nSPS) is 10.6. The van der Waals surface area contributed by atoms with Gasteiger partial charge < -0.3 is 4.42 Å². The molecule has 0 aliphatic heterocycles. The molecule has 7 nitrogen and oxygen atoms in total. The fraction of sp³-hybridized carbons (Fsp3) is 0.143. The lowest BCUT2D eigenvalue weighted by Gasteiger charge is -2.00. The SMILES string of the molecule is Cc1cc(-c2sc(NC(=O)n3ccnc3)nc2C)cc(=O)o1. The van der Waals surface area contributed by atoms with Gasteiger partial charge in [0.2, 0.25) is 0 Å². The Morgan fingerprint density at radius 1 is 1.36 bits per heavy atom. The number of carbonyl (C=O) groups excluding carboxylic acids is 1. The van der Waals surface area contributed by atoms with Crippen LogP contribution in [0.2, 0.25) is 0 Å². The smallest absolute Gasteiger partial charge is 0.336 e. The number of imidazole rings is 1. The predicted octanol–water partition coefficient (Wildman–Crippen LogP) is 2.66. The molecule has 0 spiro atoms. The van der Waals surface area contributed by atoms with Crippen molar-refractivity contribution < 1.29 is 9.21 Å². The molecule has 1 amide bonds. The van der Waals surface area contributed by atoms with Gasteiger partial charge in [-0.15, -0.1) is 0 Å². The molecule has 3 aromatic rings. The molecule has 8 heteroatoms. The molecule has 0 aliphatic rings. The predicted molar refractivity (Wildman–Crippen MR) is 82.2 cm³/mol. The van der Waals surface area contributed by atoms with Crippen molar-refractivity contribution in [1.29, 1.82) is 0 Å². The second-order valence-corrected chi connectivity index (χ2v) is 5.61. The highest BCUT2D eigenvalue weighted by Gasteiger charge is 2.14. The Hall–Kier alpha value is -2.74. The molecule has 3 rings (SSSR count). The fourth-order valence-electron chi connectivity index (χ4n) is 1.99. The lowest BCUT2D eigenvalue weighted by molar-refractivity contribution is 0.253. The van der Waals surface area contributed by atoms with Gasteiger partial charge >= 0.3 is 11.7 Å². The Bertz CT molecular complexity index is 880. The average molecular weight is 316 g/mol. The minimum atomic E-state index is -0.410. The van der Waals surface area contributed by atoms with Crippen LogP contribution in [0.3, 0.4) is 0 Å². The van der Waals surface area contributed by atoms with Gasteiger partial charge in [-0.3, -0.25) is 9.88 Å². The lowest BCUT2D eigenvalue weighted by Crippen LogP contribution is -2.17. The van der Waals surface area contributed by atoms with Gasteiger partial charge in [0.25, 0.3) is 0 Å². The summed E-state index contributed by atoms with van der Waals surface area (Å²) < 4.78 is 6.27. The van der Waals surface area contributed by atoms with E-state index in [1.54, 1.807) is 19.2 Å². The van der Waals surface area contributed by atoms with Crippen LogP contribution >= 0.6 is 11.3 Å². The van der Waals surface area contributed by atoms with E-state index in [1.165, 1.54) is 34.5 Å². The first kappa shape index (κ1) is 14.2. The summed E-state index contributed by atoms with van der Waals surface area (Å²) >= 11 is 1.30. The molecule has 0 saturated carbocycles. The first-order valence-corrected chi connectivity index (χ1v) is 7.23. The topological polar surface area (TPSA) is 90.0 Å². The molecule has 112 valence electrons. The Morgan fingerprint density at radius 2 is 2.18 bits per heavy atom. The van der Waals surface area contributed by atoms with Crippen molar-refractivity contribution >= 4 is 22.5 Å². The quantitative estimate of drug-likeness (QED) is 0.785. The number of carbonyl (C=O) groups is 1. The highest BCUT2D eigenvalue weighted by molar-refractivity contribution is 7.19. The Kier molecular flexibility index (Phi) is 3.60. The number of nitrogens with one attached hydrogen (secondary N) is 1. The molecular weight excluding hydrogens is 304 g/mol. The Labute approximate surface area is 129 Å². The maximum absolute atomic E-state index is 12.0. The van der Waals surface area contributed by atoms with Crippen molar-refractivity contribution in [3.05, 3.63) is 52.7 Å². The number of aromatic nitrogens is 3. The molecule has 0 unspecified atom stereocenters. The van der Waals surface area contributed by atoms with E-state index in [1.807, 2.05) is 6.92 Å². The first-order chi connectivity index (χ1) is 10.5. The molecule has 1 N–H and O–H groups in total. The van der Waals surface area contributed by atoms with Gasteiger partial charge in [-0.05, 0) is 19.9 Å². The van der Waals surface area contributed by atoms with E-state index in [4.69, 9.17) is 4.42 Å². The van der Waals surface area contributed by atoms with Crippen molar-refractivity contribution in [2.24, 2.45) is 0 Å². The van der Waals surface area contributed by atoms with E-state index in [9.17, 15) is 9.59 Å². The third-order valence-corrected chi connectivity index (χ3v) is 4.03. The number of hydrogen-bond donors (Lipinski definition) is 1. The van der Waals surface area contributed by atoms with Crippen molar-refractivity contribution in [1.82, 2.24) is 14.5 Å². The molecule has 0 aliphatic carbocycles. The van der Waals surface area contributed by atoms with Gasteiger partial charge in [0.1, 0.15) is 12.1 Å². The maximum Gasteiger partial charge on any atom is 0.336 e. The maximum atomic E-state index is 12.0. The summed E-state index contributed by atoms with van der Waals surface area (Å²) in [5.74, 6) is 0.527. The molecule has 0 fully saturated rings. The Morgan fingerprint density at radius 3 is 2.86 bits per heavy atom. The number of rotatable bonds is 2. The third kappa shape index (κ3) is 2.82. The number of amides is 1. The molecule has 0 saturated heterocycles. The number of anilines is 1. The third-order valence-electron chi connectivity index (χ3n) is 2.91. The van der Waals surface area contributed by atoms with Gasteiger partial charge in [-0.2, -0.15) is 0 Å². The van der Waals surface area contributed by atoms with Gasteiger partial charge in [0.05, 0.1) is 10.6 Å². The van der Waals surface area contributed by atoms with Crippen molar-refractivity contribution in [2.75, 3.05) is 5.32 Å². The van der Waals surface area contributed by atoms with Gasteiger partial charge in [0.15, 0.2) is 5.13 Å². The highest BCUT2D eigenvalue weighted by Crippen LogP contribution is 2.32. The van der Waals surface area contributed by atoms with Crippen LogP contribution < -0.4 is 10.9 Å².